The predicted octanol–water partition coefficient (Wildman–Crippen LogP) is 3.74. The fourth-order valence-electron chi connectivity index (χ4n) is 2.55. The number of carbonyl (C=O) groups excluding carboxylic acids is 1. The van der Waals surface area contributed by atoms with E-state index in [9.17, 15) is 4.79 Å². The number of benzene rings is 1. The van der Waals surface area contributed by atoms with Gasteiger partial charge in [0.1, 0.15) is 0 Å². The minimum atomic E-state index is 0.0881. The molecule has 1 fully saturated rings. The molecule has 122 valence electrons. The third-order valence-corrected chi connectivity index (χ3v) is 5.73. The Morgan fingerprint density at radius 2 is 2.00 bits per heavy atom. The molecule has 0 atom stereocenters. The van der Waals surface area contributed by atoms with Crippen LogP contribution in [0.5, 0.6) is 0 Å². The lowest BCUT2D eigenvalue weighted by molar-refractivity contribution is -0.119. The van der Waals surface area contributed by atoms with Gasteiger partial charge in [0.15, 0.2) is 4.34 Å². The molecule has 2 N–H and O–H groups in total. The van der Waals surface area contributed by atoms with Crippen molar-refractivity contribution in [2.45, 2.75) is 43.0 Å². The van der Waals surface area contributed by atoms with Crippen LogP contribution in [0, 0.1) is 6.92 Å². The smallest absolute Gasteiger partial charge is 0.230 e. The number of nitrogens with zero attached hydrogens (tertiary/aromatic N) is 2. The van der Waals surface area contributed by atoms with Crippen LogP contribution in [-0.4, -0.2) is 27.9 Å². The first-order valence-electron chi connectivity index (χ1n) is 7.78. The number of hydrogen-bond donors (Lipinski definition) is 2. The summed E-state index contributed by atoms with van der Waals surface area (Å²) in [5.41, 5.74) is 2.21. The van der Waals surface area contributed by atoms with E-state index in [0.717, 1.165) is 28.0 Å². The molecule has 23 heavy (non-hydrogen) atoms. The van der Waals surface area contributed by atoms with E-state index in [1.807, 2.05) is 24.3 Å². The van der Waals surface area contributed by atoms with Crippen LogP contribution in [0.1, 0.15) is 31.2 Å². The largest absolute Gasteiger partial charge is 0.353 e. The van der Waals surface area contributed by atoms with E-state index in [4.69, 9.17) is 0 Å². The van der Waals surface area contributed by atoms with Crippen LogP contribution in [0.15, 0.2) is 28.6 Å². The molecule has 3 rings (SSSR count). The molecule has 1 aliphatic carbocycles. The Morgan fingerprint density at radius 1 is 1.26 bits per heavy atom. The van der Waals surface area contributed by atoms with Crippen LogP contribution in [0.2, 0.25) is 0 Å². The summed E-state index contributed by atoms with van der Waals surface area (Å²) in [5, 5.41) is 15.3. The minimum Gasteiger partial charge on any atom is -0.353 e. The van der Waals surface area contributed by atoms with Gasteiger partial charge >= 0.3 is 0 Å². The van der Waals surface area contributed by atoms with Gasteiger partial charge in [0.05, 0.1) is 5.75 Å². The van der Waals surface area contributed by atoms with Gasteiger partial charge in [0.25, 0.3) is 0 Å². The summed E-state index contributed by atoms with van der Waals surface area (Å²) in [4.78, 5) is 11.9. The van der Waals surface area contributed by atoms with Gasteiger partial charge in [-0.2, -0.15) is 0 Å². The summed E-state index contributed by atoms with van der Waals surface area (Å²) in [6.45, 7) is 2.06. The average Bonchev–Trinajstić information content (AvgIpc) is 3.19. The standard InChI is InChI=1S/C16H20N4OS2/c1-11-6-8-13(9-7-11)18-15-19-20-16(23-15)22-10-14(21)17-12-4-2-3-5-12/h6-9,12H,2-5,10H2,1H3,(H,17,21)(H,18,19). The van der Waals surface area contributed by atoms with Gasteiger partial charge < -0.3 is 10.6 Å². The zero-order chi connectivity index (χ0) is 16.1. The summed E-state index contributed by atoms with van der Waals surface area (Å²) in [5.74, 6) is 0.487. The molecule has 7 heteroatoms. The molecule has 0 radical (unpaired) electrons. The molecule has 0 saturated heterocycles. The first-order chi connectivity index (χ1) is 11.2. The fraction of sp³-hybridized carbons (Fsp3) is 0.438. The van der Waals surface area contributed by atoms with Crippen molar-refractivity contribution in [3.8, 4) is 0 Å². The number of nitrogens with one attached hydrogen (secondary N) is 2. The quantitative estimate of drug-likeness (QED) is 0.779. The normalized spacial score (nSPS) is 14.8. The van der Waals surface area contributed by atoms with Gasteiger partial charge in [-0.3, -0.25) is 4.79 Å². The van der Waals surface area contributed by atoms with E-state index in [1.165, 1.54) is 41.5 Å². The second kappa shape index (κ2) is 7.79. The van der Waals surface area contributed by atoms with Crippen molar-refractivity contribution in [2.75, 3.05) is 11.1 Å². The first-order valence-corrected chi connectivity index (χ1v) is 9.58. The minimum absolute atomic E-state index is 0.0881. The summed E-state index contributed by atoms with van der Waals surface area (Å²) >= 11 is 2.90. The van der Waals surface area contributed by atoms with Crippen molar-refractivity contribution >= 4 is 39.8 Å². The average molecular weight is 348 g/mol. The Kier molecular flexibility index (Phi) is 5.51. The summed E-state index contributed by atoms with van der Waals surface area (Å²) < 4.78 is 0.807. The maximum Gasteiger partial charge on any atom is 0.230 e. The lowest BCUT2D eigenvalue weighted by Gasteiger charge is -2.10. The van der Waals surface area contributed by atoms with Gasteiger partial charge in [0, 0.05) is 11.7 Å². The Balaban J connectivity index is 1.47. The second-order valence-electron chi connectivity index (χ2n) is 5.70. The zero-order valence-corrected chi connectivity index (χ0v) is 14.7. The van der Waals surface area contributed by atoms with Crippen LogP contribution < -0.4 is 10.6 Å². The van der Waals surface area contributed by atoms with Crippen molar-refractivity contribution in [3.63, 3.8) is 0 Å². The van der Waals surface area contributed by atoms with Gasteiger partial charge in [-0.15, -0.1) is 10.2 Å². The van der Waals surface area contributed by atoms with E-state index in [-0.39, 0.29) is 5.91 Å². The number of hydrogen-bond acceptors (Lipinski definition) is 6. The van der Waals surface area contributed by atoms with Gasteiger partial charge in [0.2, 0.25) is 11.0 Å². The van der Waals surface area contributed by atoms with Crippen molar-refractivity contribution < 1.29 is 4.79 Å². The zero-order valence-electron chi connectivity index (χ0n) is 13.0. The maximum atomic E-state index is 11.9. The highest BCUT2D eigenvalue weighted by atomic mass is 32.2. The number of thioether (sulfide) groups is 1. The van der Waals surface area contributed by atoms with E-state index < -0.39 is 0 Å². The lowest BCUT2D eigenvalue weighted by Crippen LogP contribution is -2.33. The van der Waals surface area contributed by atoms with Gasteiger partial charge in [-0.25, -0.2) is 0 Å². The highest BCUT2D eigenvalue weighted by molar-refractivity contribution is 8.01. The number of aromatic nitrogens is 2. The Morgan fingerprint density at radius 3 is 2.74 bits per heavy atom. The molecule has 5 nitrogen and oxygen atoms in total. The second-order valence-corrected chi connectivity index (χ2v) is 7.90. The van der Waals surface area contributed by atoms with Crippen molar-refractivity contribution in [1.82, 2.24) is 15.5 Å². The third kappa shape index (κ3) is 4.94. The predicted molar refractivity (Wildman–Crippen MR) is 95.5 cm³/mol. The van der Waals surface area contributed by atoms with Crippen LogP contribution in [0.25, 0.3) is 0 Å². The monoisotopic (exact) mass is 348 g/mol. The number of amides is 1. The summed E-state index contributed by atoms with van der Waals surface area (Å²) in [7, 11) is 0. The van der Waals surface area contributed by atoms with Gasteiger partial charge in [-0.1, -0.05) is 53.6 Å². The van der Waals surface area contributed by atoms with Crippen LogP contribution in [0.4, 0.5) is 10.8 Å². The Labute approximate surface area is 144 Å². The molecule has 1 saturated carbocycles. The highest BCUT2D eigenvalue weighted by Crippen LogP contribution is 2.27. The number of anilines is 2. The molecule has 0 spiro atoms. The van der Waals surface area contributed by atoms with E-state index in [2.05, 4.69) is 27.8 Å². The Bertz CT molecular complexity index is 650. The molecule has 1 aromatic carbocycles. The van der Waals surface area contributed by atoms with Crippen LogP contribution >= 0.6 is 23.1 Å². The molecule has 1 aromatic heterocycles. The summed E-state index contributed by atoms with van der Waals surface area (Å²) in [6, 6.07) is 8.49. The van der Waals surface area contributed by atoms with Crippen molar-refractivity contribution in [3.05, 3.63) is 29.8 Å². The van der Waals surface area contributed by atoms with Crippen LogP contribution in [-0.2, 0) is 4.79 Å². The molecule has 0 bridgehead atoms. The fourth-order valence-corrected chi connectivity index (χ4v) is 4.13. The van der Waals surface area contributed by atoms with E-state index >= 15 is 0 Å². The molecule has 1 heterocycles. The first kappa shape index (κ1) is 16.3. The van der Waals surface area contributed by atoms with Crippen molar-refractivity contribution in [1.29, 1.82) is 0 Å². The molecule has 1 amide bonds. The molecule has 0 aliphatic heterocycles. The molecule has 2 aromatic rings. The third-order valence-electron chi connectivity index (χ3n) is 3.76. The lowest BCUT2D eigenvalue weighted by atomic mass is 10.2. The molecular formula is C16H20N4OS2. The molecular weight excluding hydrogens is 328 g/mol. The topological polar surface area (TPSA) is 66.9 Å². The van der Waals surface area contributed by atoms with Crippen LogP contribution in [0.3, 0.4) is 0 Å². The van der Waals surface area contributed by atoms with Gasteiger partial charge in [-0.05, 0) is 31.9 Å². The van der Waals surface area contributed by atoms with E-state index in [0.29, 0.717) is 11.8 Å². The van der Waals surface area contributed by atoms with E-state index in [1.54, 1.807) is 0 Å². The SMILES string of the molecule is Cc1ccc(Nc2nnc(SCC(=O)NC3CCCC3)s2)cc1. The number of rotatable bonds is 6. The Hall–Kier alpha value is -1.60. The number of carbonyl (C=O) groups is 1. The highest BCUT2D eigenvalue weighted by Gasteiger charge is 2.17. The number of aryl methyl sites for hydroxylation is 1. The molecule has 1 aliphatic rings. The summed E-state index contributed by atoms with van der Waals surface area (Å²) in [6.07, 6.45) is 4.67. The van der Waals surface area contributed by atoms with Crippen molar-refractivity contribution in [2.24, 2.45) is 0 Å². The molecule has 0 unspecified atom stereocenters. The maximum absolute atomic E-state index is 11.9.